The van der Waals surface area contributed by atoms with Gasteiger partial charge in [-0.25, -0.2) is 8.78 Å². The molecule has 0 bridgehead atoms. The zero-order valence-corrected chi connectivity index (χ0v) is 13.3. The largest absolute Gasteiger partial charge is 0.377 e. The topological polar surface area (TPSA) is 21.3 Å². The molecule has 1 aromatic carbocycles. The third kappa shape index (κ3) is 3.52. The van der Waals surface area contributed by atoms with Crippen LogP contribution in [0.3, 0.4) is 0 Å². The van der Waals surface area contributed by atoms with E-state index in [9.17, 15) is 8.78 Å². The van der Waals surface area contributed by atoms with E-state index in [-0.39, 0.29) is 22.5 Å². The van der Waals surface area contributed by atoms with E-state index in [2.05, 4.69) is 21.2 Å². The number of likely N-dealkylation sites (N-methyl/N-ethyl adjacent to an activating group) is 1. The second-order valence-electron chi connectivity index (χ2n) is 4.74. The van der Waals surface area contributed by atoms with Gasteiger partial charge in [0.2, 0.25) is 0 Å². The lowest BCUT2D eigenvalue weighted by Gasteiger charge is -2.36. The number of hydrogen-bond donors (Lipinski definition) is 1. The standard InChI is InChI=1S/C14H20BrF2NO/c1-5-14(2,19-4)12(18-3)8-9-11(16)7-6-10(15)13(9)17/h6-7,12,18H,5,8H2,1-4H3. The average Bonchev–Trinajstić information content (AvgIpc) is 2.42. The van der Waals surface area contributed by atoms with Crippen molar-refractivity contribution in [2.24, 2.45) is 0 Å². The molecule has 0 spiro atoms. The quantitative estimate of drug-likeness (QED) is 0.801. The molecule has 0 amide bonds. The number of methoxy groups -OCH3 is 1. The van der Waals surface area contributed by atoms with E-state index in [0.717, 1.165) is 6.42 Å². The maximum absolute atomic E-state index is 14.0. The van der Waals surface area contributed by atoms with Crippen molar-refractivity contribution in [2.75, 3.05) is 14.2 Å². The van der Waals surface area contributed by atoms with Gasteiger partial charge in [0.05, 0.1) is 10.1 Å². The Hall–Kier alpha value is -0.520. The molecule has 0 aliphatic rings. The van der Waals surface area contributed by atoms with Gasteiger partial charge in [-0.15, -0.1) is 0 Å². The zero-order chi connectivity index (χ0) is 14.6. The first-order chi connectivity index (χ1) is 8.89. The molecule has 108 valence electrons. The van der Waals surface area contributed by atoms with E-state index in [1.807, 2.05) is 13.8 Å². The summed E-state index contributed by atoms with van der Waals surface area (Å²) in [4.78, 5) is 0. The van der Waals surface area contributed by atoms with Gasteiger partial charge in [-0.1, -0.05) is 6.92 Å². The van der Waals surface area contributed by atoms with E-state index in [4.69, 9.17) is 4.74 Å². The Morgan fingerprint density at radius 3 is 2.53 bits per heavy atom. The molecule has 5 heteroatoms. The smallest absolute Gasteiger partial charge is 0.143 e. The molecular formula is C14H20BrF2NO. The van der Waals surface area contributed by atoms with Crippen LogP contribution in [0.5, 0.6) is 0 Å². The van der Waals surface area contributed by atoms with Gasteiger partial charge in [-0.2, -0.15) is 0 Å². The number of hydrogen-bond acceptors (Lipinski definition) is 2. The predicted octanol–water partition coefficient (Wildman–Crippen LogP) is 3.67. The van der Waals surface area contributed by atoms with Gasteiger partial charge in [0.25, 0.3) is 0 Å². The summed E-state index contributed by atoms with van der Waals surface area (Å²) in [6.07, 6.45) is 0.970. The number of benzene rings is 1. The van der Waals surface area contributed by atoms with Crippen LogP contribution < -0.4 is 5.32 Å². The predicted molar refractivity (Wildman–Crippen MR) is 76.3 cm³/mol. The second-order valence-corrected chi connectivity index (χ2v) is 5.59. The third-order valence-corrected chi connectivity index (χ3v) is 4.41. The molecule has 2 nitrogen and oxygen atoms in total. The minimum Gasteiger partial charge on any atom is -0.377 e. The van der Waals surface area contributed by atoms with Gasteiger partial charge < -0.3 is 10.1 Å². The van der Waals surface area contributed by atoms with Gasteiger partial charge in [-0.3, -0.25) is 0 Å². The van der Waals surface area contributed by atoms with Crippen molar-refractivity contribution in [3.63, 3.8) is 0 Å². The summed E-state index contributed by atoms with van der Waals surface area (Å²) >= 11 is 3.08. The molecule has 1 rings (SSSR count). The van der Waals surface area contributed by atoms with Gasteiger partial charge in [0.15, 0.2) is 0 Å². The molecule has 0 heterocycles. The van der Waals surface area contributed by atoms with Crippen LogP contribution in [0.1, 0.15) is 25.8 Å². The van der Waals surface area contributed by atoms with Crippen LogP contribution in [0.25, 0.3) is 0 Å². The van der Waals surface area contributed by atoms with Crippen LogP contribution in [0.15, 0.2) is 16.6 Å². The molecule has 0 saturated heterocycles. The van der Waals surface area contributed by atoms with Gasteiger partial charge >= 0.3 is 0 Å². The average molecular weight is 336 g/mol. The lowest BCUT2D eigenvalue weighted by Crippen LogP contribution is -2.50. The van der Waals surface area contributed by atoms with Crippen molar-refractivity contribution in [1.82, 2.24) is 5.32 Å². The molecule has 2 atom stereocenters. The molecule has 0 aliphatic heterocycles. The van der Waals surface area contributed by atoms with E-state index < -0.39 is 17.2 Å². The van der Waals surface area contributed by atoms with Crippen molar-refractivity contribution in [1.29, 1.82) is 0 Å². The highest BCUT2D eigenvalue weighted by Crippen LogP contribution is 2.27. The Balaban J connectivity index is 3.09. The summed E-state index contributed by atoms with van der Waals surface area (Å²) in [7, 11) is 3.38. The summed E-state index contributed by atoms with van der Waals surface area (Å²) in [5.74, 6) is -1.08. The molecule has 0 aliphatic carbocycles. The van der Waals surface area contributed by atoms with Crippen LogP contribution in [-0.2, 0) is 11.2 Å². The SMILES string of the molecule is CCC(C)(OC)C(Cc1c(F)ccc(Br)c1F)NC. The Bertz CT molecular complexity index is 436. The van der Waals surface area contributed by atoms with Gasteiger partial charge in [0.1, 0.15) is 11.6 Å². The molecule has 0 saturated carbocycles. The van der Waals surface area contributed by atoms with Crippen LogP contribution >= 0.6 is 15.9 Å². The summed E-state index contributed by atoms with van der Waals surface area (Å²) < 4.78 is 33.6. The third-order valence-electron chi connectivity index (χ3n) is 3.80. The minimum atomic E-state index is -0.546. The summed E-state index contributed by atoms with van der Waals surface area (Å²) in [5, 5.41) is 3.09. The van der Waals surface area contributed by atoms with Crippen LogP contribution in [-0.4, -0.2) is 25.8 Å². The Morgan fingerprint density at radius 1 is 1.42 bits per heavy atom. The molecular weight excluding hydrogens is 316 g/mol. The van der Waals surface area contributed by atoms with Crippen LogP contribution in [0.2, 0.25) is 0 Å². The van der Waals surface area contributed by atoms with E-state index in [0.29, 0.717) is 0 Å². The fraction of sp³-hybridized carbons (Fsp3) is 0.571. The number of ether oxygens (including phenoxy) is 1. The van der Waals surface area contributed by atoms with Crippen molar-refractivity contribution in [3.05, 3.63) is 33.8 Å². The van der Waals surface area contributed by atoms with Crippen LogP contribution in [0.4, 0.5) is 8.78 Å². The number of rotatable bonds is 6. The summed E-state index contributed by atoms with van der Waals surface area (Å²) in [5.41, 5.74) is -0.402. The first-order valence-electron chi connectivity index (χ1n) is 6.24. The van der Waals surface area contributed by atoms with Crippen molar-refractivity contribution >= 4 is 15.9 Å². The monoisotopic (exact) mass is 335 g/mol. The molecule has 1 aromatic rings. The van der Waals surface area contributed by atoms with E-state index >= 15 is 0 Å². The maximum Gasteiger partial charge on any atom is 0.143 e. The van der Waals surface area contributed by atoms with Crippen molar-refractivity contribution < 1.29 is 13.5 Å². The van der Waals surface area contributed by atoms with Gasteiger partial charge in [0, 0.05) is 18.7 Å². The molecule has 19 heavy (non-hydrogen) atoms. The second kappa shape index (κ2) is 6.77. The Morgan fingerprint density at radius 2 is 2.05 bits per heavy atom. The fourth-order valence-corrected chi connectivity index (χ4v) is 2.49. The maximum atomic E-state index is 14.0. The lowest BCUT2D eigenvalue weighted by molar-refractivity contribution is -0.0272. The highest BCUT2D eigenvalue weighted by atomic mass is 79.9. The van der Waals surface area contributed by atoms with Crippen LogP contribution in [0, 0.1) is 11.6 Å². The fourth-order valence-electron chi connectivity index (χ4n) is 2.12. The zero-order valence-electron chi connectivity index (χ0n) is 11.7. The molecule has 0 fully saturated rings. The first-order valence-corrected chi connectivity index (χ1v) is 7.03. The molecule has 0 radical (unpaired) electrons. The first kappa shape index (κ1) is 16.5. The van der Waals surface area contributed by atoms with Crippen molar-refractivity contribution in [3.8, 4) is 0 Å². The normalized spacial score (nSPS) is 16.2. The highest BCUT2D eigenvalue weighted by molar-refractivity contribution is 9.10. The molecule has 2 unspecified atom stereocenters. The summed E-state index contributed by atoms with van der Waals surface area (Å²) in [6.45, 7) is 3.92. The lowest BCUT2D eigenvalue weighted by atomic mass is 9.88. The number of nitrogens with one attached hydrogen (secondary N) is 1. The minimum absolute atomic E-state index is 0.0745. The van der Waals surface area contributed by atoms with E-state index in [1.54, 1.807) is 14.2 Å². The van der Waals surface area contributed by atoms with Gasteiger partial charge in [-0.05, 0) is 54.9 Å². The van der Waals surface area contributed by atoms with Crippen molar-refractivity contribution in [2.45, 2.75) is 38.3 Å². The molecule has 0 aromatic heterocycles. The van der Waals surface area contributed by atoms with E-state index in [1.165, 1.54) is 12.1 Å². The highest BCUT2D eigenvalue weighted by Gasteiger charge is 2.33. The number of halogens is 3. The Labute approximate surface area is 121 Å². The molecule has 1 N–H and O–H groups in total. The Kier molecular flexibility index (Phi) is 5.89. The summed E-state index contributed by atoms with van der Waals surface area (Å²) in [6, 6.07) is 2.46.